The number of hydroxylamine groups is 1. The first kappa shape index (κ1) is 19.1. The minimum absolute atomic E-state index is 0.0830. The minimum Gasteiger partial charge on any atom is -0.461 e. The highest BCUT2D eigenvalue weighted by molar-refractivity contribution is 5.90. The summed E-state index contributed by atoms with van der Waals surface area (Å²) in [6.45, 7) is 4.17. The maximum absolute atomic E-state index is 12.0. The van der Waals surface area contributed by atoms with Gasteiger partial charge in [0.25, 0.3) is 5.91 Å². The molecule has 0 heterocycles. The third-order valence-electron chi connectivity index (χ3n) is 4.44. The molecule has 1 aromatic rings. The first-order valence-corrected chi connectivity index (χ1v) is 8.58. The van der Waals surface area contributed by atoms with Crippen LogP contribution in [-0.4, -0.2) is 29.7 Å². The van der Waals surface area contributed by atoms with Gasteiger partial charge >= 0.3 is 5.97 Å². The summed E-state index contributed by atoms with van der Waals surface area (Å²) < 4.78 is 5.46. The second-order valence-electron chi connectivity index (χ2n) is 6.81. The number of nitrogens with one attached hydrogen (secondary N) is 2. The molecule has 6 nitrogen and oxygen atoms in total. The second-order valence-corrected chi connectivity index (χ2v) is 6.81. The van der Waals surface area contributed by atoms with E-state index in [1.54, 1.807) is 11.6 Å². The summed E-state index contributed by atoms with van der Waals surface area (Å²) in [5, 5.41) is 11.7. The van der Waals surface area contributed by atoms with Crippen LogP contribution < -0.4 is 10.8 Å². The molecule has 0 saturated heterocycles. The number of esters is 1. The average Bonchev–Trinajstić information content (AvgIpc) is 3.11. The van der Waals surface area contributed by atoms with Crippen LogP contribution in [0.5, 0.6) is 0 Å². The van der Waals surface area contributed by atoms with Crippen molar-refractivity contribution in [3.05, 3.63) is 41.5 Å². The Morgan fingerprint density at radius 2 is 1.88 bits per heavy atom. The molecule has 1 saturated carbocycles. The van der Waals surface area contributed by atoms with Gasteiger partial charge in [0.2, 0.25) is 0 Å². The number of hydrogen-bond acceptors (Lipinski definition) is 5. The number of hydrogen-bond donors (Lipinski definition) is 3. The summed E-state index contributed by atoms with van der Waals surface area (Å²) in [5.74, 6) is -0.790. The summed E-state index contributed by atoms with van der Waals surface area (Å²) in [6.07, 6.45) is 7.15. The predicted molar refractivity (Wildman–Crippen MR) is 94.8 cm³/mol. The van der Waals surface area contributed by atoms with Crippen molar-refractivity contribution in [2.24, 2.45) is 0 Å². The van der Waals surface area contributed by atoms with Crippen LogP contribution in [0.3, 0.4) is 0 Å². The lowest BCUT2D eigenvalue weighted by Gasteiger charge is -2.27. The van der Waals surface area contributed by atoms with Crippen LogP contribution in [0.2, 0.25) is 0 Å². The smallest absolute Gasteiger partial charge is 0.320 e. The number of rotatable bonds is 7. The van der Waals surface area contributed by atoms with E-state index >= 15 is 0 Å². The van der Waals surface area contributed by atoms with Crippen molar-refractivity contribution in [2.75, 3.05) is 6.54 Å². The molecule has 1 aliphatic rings. The van der Waals surface area contributed by atoms with E-state index in [9.17, 15) is 9.59 Å². The van der Waals surface area contributed by atoms with Crippen molar-refractivity contribution in [3.63, 3.8) is 0 Å². The molecule has 136 valence electrons. The van der Waals surface area contributed by atoms with Gasteiger partial charge in [0.05, 0.1) is 6.54 Å². The normalized spacial score (nSPS) is 15.5. The van der Waals surface area contributed by atoms with Crippen molar-refractivity contribution < 1.29 is 19.5 Å². The van der Waals surface area contributed by atoms with Crippen molar-refractivity contribution >= 4 is 18.0 Å². The zero-order valence-corrected chi connectivity index (χ0v) is 14.7. The summed E-state index contributed by atoms with van der Waals surface area (Å²) >= 11 is 0. The average molecular weight is 346 g/mol. The maximum atomic E-state index is 12.0. The van der Waals surface area contributed by atoms with Gasteiger partial charge in [-0.2, -0.15) is 0 Å². The zero-order valence-electron chi connectivity index (χ0n) is 14.7. The molecule has 0 atom stereocenters. The first-order chi connectivity index (χ1) is 11.9. The molecule has 1 fully saturated rings. The van der Waals surface area contributed by atoms with E-state index in [4.69, 9.17) is 9.94 Å². The fourth-order valence-corrected chi connectivity index (χ4v) is 2.85. The predicted octanol–water partition coefficient (Wildman–Crippen LogP) is 2.52. The molecule has 0 spiro atoms. The van der Waals surface area contributed by atoms with Gasteiger partial charge < -0.3 is 4.74 Å². The van der Waals surface area contributed by atoms with E-state index in [1.165, 1.54) is 6.08 Å². The van der Waals surface area contributed by atoms with Gasteiger partial charge in [0.1, 0.15) is 6.10 Å². The van der Waals surface area contributed by atoms with E-state index in [2.05, 4.69) is 5.32 Å². The second kappa shape index (κ2) is 8.78. The lowest BCUT2D eigenvalue weighted by Crippen LogP contribution is -2.40. The fourth-order valence-electron chi connectivity index (χ4n) is 2.85. The van der Waals surface area contributed by atoms with Crippen molar-refractivity contribution in [2.45, 2.75) is 51.2 Å². The molecule has 0 aliphatic heterocycles. The van der Waals surface area contributed by atoms with Crippen molar-refractivity contribution in [3.8, 4) is 0 Å². The standard InChI is InChI=1S/C19H26N2O4/c1-19(2,20-13-18(23)25-16-5-3-4-6-16)15-10-7-14(8-11-15)9-12-17(22)21-24/h7-12,16,20,24H,3-6,13H2,1-2H3,(H,21,22)/b12-9+. The van der Waals surface area contributed by atoms with Crippen LogP contribution in [0, 0.1) is 0 Å². The summed E-state index contributed by atoms with van der Waals surface area (Å²) in [6, 6.07) is 7.62. The topological polar surface area (TPSA) is 87.7 Å². The Morgan fingerprint density at radius 3 is 2.48 bits per heavy atom. The monoisotopic (exact) mass is 346 g/mol. The zero-order chi connectivity index (χ0) is 18.3. The molecule has 0 bridgehead atoms. The van der Waals surface area contributed by atoms with Crippen molar-refractivity contribution in [1.29, 1.82) is 0 Å². The van der Waals surface area contributed by atoms with Gasteiger partial charge in [-0.05, 0) is 56.7 Å². The van der Waals surface area contributed by atoms with Crippen LogP contribution >= 0.6 is 0 Å². The molecule has 1 aliphatic carbocycles. The molecule has 1 amide bonds. The van der Waals surface area contributed by atoms with Gasteiger partial charge in [0, 0.05) is 11.6 Å². The third-order valence-corrected chi connectivity index (χ3v) is 4.44. The SMILES string of the molecule is CC(C)(NCC(=O)OC1CCCC1)c1ccc(/C=C/C(=O)NO)cc1. The fraction of sp³-hybridized carbons (Fsp3) is 0.474. The number of benzene rings is 1. The minimum atomic E-state index is -0.577. The highest BCUT2D eigenvalue weighted by Gasteiger charge is 2.23. The Kier molecular flexibility index (Phi) is 6.73. The van der Waals surface area contributed by atoms with E-state index < -0.39 is 5.91 Å². The van der Waals surface area contributed by atoms with E-state index in [-0.39, 0.29) is 24.2 Å². The van der Waals surface area contributed by atoms with Crippen LogP contribution in [0.25, 0.3) is 6.08 Å². The third kappa shape index (κ3) is 5.99. The Balaban J connectivity index is 1.88. The van der Waals surface area contributed by atoms with Gasteiger partial charge in [-0.3, -0.25) is 20.1 Å². The van der Waals surface area contributed by atoms with Crippen LogP contribution in [0.1, 0.15) is 50.7 Å². The van der Waals surface area contributed by atoms with Gasteiger partial charge in [0.15, 0.2) is 0 Å². The largest absolute Gasteiger partial charge is 0.461 e. The molecular weight excluding hydrogens is 320 g/mol. The summed E-state index contributed by atoms with van der Waals surface area (Å²) in [5.41, 5.74) is 3.01. The quantitative estimate of drug-likeness (QED) is 0.306. The van der Waals surface area contributed by atoms with E-state index in [0.29, 0.717) is 0 Å². The molecule has 3 N–H and O–H groups in total. The molecule has 25 heavy (non-hydrogen) atoms. The van der Waals surface area contributed by atoms with E-state index in [1.807, 2.05) is 38.1 Å². The van der Waals surface area contributed by atoms with Crippen LogP contribution in [-0.2, 0) is 19.9 Å². The molecule has 0 radical (unpaired) electrons. The van der Waals surface area contributed by atoms with Gasteiger partial charge in [-0.1, -0.05) is 24.3 Å². The Bertz CT molecular complexity index is 617. The maximum Gasteiger partial charge on any atom is 0.320 e. The lowest BCUT2D eigenvalue weighted by molar-refractivity contribution is -0.148. The number of ether oxygens (including phenoxy) is 1. The van der Waals surface area contributed by atoms with Gasteiger partial charge in [-0.15, -0.1) is 0 Å². The van der Waals surface area contributed by atoms with Crippen LogP contribution in [0.15, 0.2) is 30.3 Å². The van der Waals surface area contributed by atoms with Crippen LogP contribution in [0.4, 0.5) is 0 Å². The lowest BCUT2D eigenvalue weighted by atomic mass is 9.93. The van der Waals surface area contributed by atoms with E-state index in [0.717, 1.165) is 36.8 Å². The Morgan fingerprint density at radius 1 is 1.24 bits per heavy atom. The Hall–Kier alpha value is -2.18. The summed E-state index contributed by atoms with van der Waals surface area (Å²) in [7, 11) is 0. The number of amides is 1. The molecule has 1 aromatic carbocycles. The molecule has 2 rings (SSSR count). The first-order valence-electron chi connectivity index (χ1n) is 8.58. The highest BCUT2D eigenvalue weighted by atomic mass is 16.5. The molecule has 6 heteroatoms. The molecule has 0 aromatic heterocycles. The number of carbonyl (C=O) groups excluding carboxylic acids is 2. The molecular formula is C19H26N2O4. The highest BCUT2D eigenvalue weighted by Crippen LogP contribution is 2.22. The Labute approximate surface area is 148 Å². The van der Waals surface area contributed by atoms with Crippen molar-refractivity contribution in [1.82, 2.24) is 10.8 Å². The number of carbonyl (C=O) groups is 2. The van der Waals surface area contributed by atoms with Gasteiger partial charge in [-0.25, -0.2) is 5.48 Å². The molecule has 0 unspecified atom stereocenters. The summed E-state index contributed by atoms with van der Waals surface area (Å²) in [4.78, 5) is 22.9.